The molecule has 0 saturated heterocycles. The van der Waals surface area contributed by atoms with Gasteiger partial charge in [0.05, 0.1) is 0 Å². The average Bonchev–Trinajstić information content (AvgIpc) is 3.35. The first kappa shape index (κ1) is 22.5. The number of nitrogens with zero attached hydrogens (tertiary/aromatic N) is 2. The Hall–Kier alpha value is -3.98. The van der Waals surface area contributed by atoms with E-state index in [4.69, 9.17) is 9.72 Å². The van der Waals surface area contributed by atoms with E-state index in [0.29, 0.717) is 0 Å². The molecule has 174 valence electrons. The van der Waals surface area contributed by atoms with E-state index in [1.54, 1.807) is 6.20 Å². The number of aromatic nitrogens is 2. The quantitative estimate of drug-likeness (QED) is 0.211. The van der Waals surface area contributed by atoms with Gasteiger partial charge in [-0.3, -0.25) is 0 Å². The van der Waals surface area contributed by atoms with Crippen molar-refractivity contribution in [3.8, 4) is 44.0 Å². The van der Waals surface area contributed by atoms with Crippen LogP contribution in [0, 0.1) is 13.8 Å². The molecule has 2 aromatic heterocycles. The summed E-state index contributed by atoms with van der Waals surface area (Å²) in [6.45, 7) is 4.38. The number of hydrogen-bond donors (Lipinski definition) is 0. The molecule has 0 N–H and O–H groups in total. The Morgan fingerprint density at radius 1 is 0.667 bits per heavy atom. The number of ether oxygens (including phenoxy) is 1. The SMILES string of the molecule is Cc1cccc(C)c1-c1cccc2nc(-c3cccc(Oc4cccc(-c5ccccn5)c4)c3)[se]c12. The van der Waals surface area contributed by atoms with Crippen LogP contribution in [0.15, 0.2) is 109 Å². The first-order valence-corrected chi connectivity index (χ1v) is 13.6. The van der Waals surface area contributed by atoms with Gasteiger partial charge in [0.1, 0.15) is 0 Å². The Bertz CT molecular complexity index is 1670. The zero-order valence-corrected chi connectivity index (χ0v) is 21.8. The molecule has 6 aromatic rings. The van der Waals surface area contributed by atoms with E-state index in [2.05, 4.69) is 67.4 Å². The van der Waals surface area contributed by atoms with E-state index in [1.807, 2.05) is 54.6 Å². The fraction of sp³-hybridized carbons (Fsp3) is 0.0625. The van der Waals surface area contributed by atoms with Crippen molar-refractivity contribution < 1.29 is 4.74 Å². The molecule has 0 unspecified atom stereocenters. The molecule has 0 radical (unpaired) electrons. The van der Waals surface area contributed by atoms with Gasteiger partial charge in [-0.2, -0.15) is 0 Å². The van der Waals surface area contributed by atoms with Crippen molar-refractivity contribution in [1.82, 2.24) is 9.97 Å². The van der Waals surface area contributed by atoms with Gasteiger partial charge in [0.2, 0.25) is 0 Å². The van der Waals surface area contributed by atoms with Crippen LogP contribution in [-0.4, -0.2) is 24.5 Å². The molecule has 0 saturated carbocycles. The molecule has 4 heteroatoms. The number of fused-ring (bicyclic) bond motifs is 1. The fourth-order valence-corrected chi connectivity index (χ4v) is 6.86. The topological polar surface area (TPSA) is 35.0 Å². The number of hydrogen-bond acceptors (Lipinski definition) is 3. The summed E-state index contributed by atoms with van der Waals surface area (Å²) in [5, 5.41) is 0. The third-order valence-electron chi connectivity index (χ3n) is 6.28. The van der Waals surface area contributed by atoms with E-state index in [0.717, 1.165) is 38.4 Å². The van der Waals surface area contributed by atoms with Gasteiger partial charge >= 0.3 is 217 Å². The molecule has 0 fully saturated rings. The fourth-order valence-electron chi connectivity index (χ4n) is 4.59. The van der Waals surface area contributed by atoms with Crippen molar-refractivity contribution in [2.75, 3.05) is 0 Å². The van der Waals surface area contributed by atoms with Crippen molar-refractivity contribution in [3.63, 3.8) is 0 Å². The van der Waals surface area contributed by atoms with E-state index in [9.17, 15) is 0 Å². The Balaban J connectivity index is 1.34. The van der Waals surface area contributed by atoms with Gasteiger partial charge in [-0.15, -0.1) is 0 Å². The summed E-state index contributed by atoms with van der Waals surface area (Å²) in [6, 6.07) is 35.2. The Labute approximate surface area is 216 Å². The van der Waals surface area contributed by atoms with Crippen LogP contribution in [0.5, 0.6) is 11.5 Å². The monoisotopic (exact) mass is 532 g/mol. The zero-order chi connectivity index (χ0) is 24.5. The number of benzene rings is 4. The van der Waals surface area contributed by atoms with Gasteiger partial charge in [0.15, 0.2) is 0 Å². The van der Waals surface area contributed by atoms with Crippen molar-refractivity contribution in [3.05, 3.63) is 120 Å². The van der Waals surface area contributed by atoms with E-state index >= 15 is 0 Å². The minimum absolute atomic E-state index is 0.109. The van der Waals surface area contributed by atoms with Crippen LogP contribution in [0.2, 0.25) is 0 Å². The molecule has 2 heterocycles. The summed E-state index contributed by atoms with van der Waals surface area (Å²) in [4.78, 5) is 9.50. The molecule has 0 spiro atoms. The Morgan fingerprint density at radius 3 is 2.11 bits per heavy atom. The summed E-state index contributed by atoms with van der Waals surface area (Å²) in [6.07, 6.45) is 1.81. The molecular formula is C32H24N2OSe. The van der Waals surface area contributed by atoms with Crippen molar-refractivity contribution in [2.45, 2.75) is 13.8 Å². The molecule has 3 nitrogen and oxygen atoms in total. The van der Waals surface area contributed by atoms with Crippen molar-refractivity contribution >= 4 is 24.3 Å². The molecular weight excluding hydrogens is 507 g/mol. The molecule has 0 aliphatic carbocycles. The summed E-state index contributed by atoms with van der Waals surface area (Å²) < 4.78 is 8.75. The molecule has 36 heavy (non-hydrogen) atoms. The molecule has 0 bridgehead atoms. The molecule has 0 amide bonds. The molecule has 6 rings (SSSR count). The Morgan fingerprint density at radius 2 is 1.36 bits per heavy atom. The second-order valence-corrected chi connectivity index (χ2v) is 10.9. The van der Waals surface area contributed by atoms with Gasteiger partial charge in [0.25, 0.3) is 0 Å². The van der Waals surface area contributed by atoms with Crippen LogP contribution in [0.1, 0.15) is 11.1 Å². The van der Waals surface area contributed by atoms with Crippen LogP contribution in [-0.2, 0) is 0 Å². The minimum atomic E-state index is 0.109. The van der Waals surface area contributed by atoms with E-state index in [1.165, 1.54) is 26.5 Å². The summed E-state index contributed by atoms with van der Waals surface area (Å²) in [7, 11) is 0. The molecule has 0 aliphatic rings. The van der Waals surface area contributed by atoms with Gasteiger partial charge in [-0.05, 0) is 0 Å². The van der Waals surface area contributed by atoms with Gasteiger partial charge in [0, 0.05) is 0 Å². The van der Waals surface area contributed by atoms with Crippen LogP contribution in [0.25, 0.3) is 42.3 Å². The predicted molar refractivity (Wildman–Crippen MR) is 149 cm³/mol. The molecule has 4 aromatic carbocycles. The maximum atomic E-state index is 6.27. The molecule has 0 aliphatic heterocycles. The zero-order valence-electron chi connectivity index (χ0n) is 20.1. The molecule has 0 atom stereocenters. The summed E-state index contributed by atoms with van der Waals surface area (Å²) in [5.74, 6) is 1.59. The van der Waals surface area contributed by atoms with Crippen molar-refractivity contribution in [2.24, 2.45) is 0 Å². The van der Waals surface area contributed by atoms with Crippen LogP contribution in [0.4, 0.5) is 0 Å². The van der Waals surface area contributed by atoms with Gasteiger partial charge in [-0.1, -0.05) is 0 Å². The number of pyridine rings is 1. The van der Waals surface area contributed by atoms with E-state index < -0.39 is 0 Å². The van der Waals surface area contributed by atoms with Crippen LogP contribution in [0.3, 0.4) is 0 Å². The average molecular weight is 532 g/mol. The Kier molecular flexibility index (Phi) is 5.98. The number of aryl methyl sites for hydroxylation is 2. The van der Waals surface area contributed by atoms with Gasteiger partial charge < -0.3 is 0 Å². The normalized spacial score (nSPS) is 11.1. The first-order chi connectivity index (χ1) is 17.7. The van der Waals surface area contributed by atoms with Crippen LogP contribution >= 0.6 is 0 Å². The third kappa shape index (κ3) is 4.37. The first-order valence-electron chi connectivity index (χ1n) is 11.9. The predicted octanol–water partition coefficient (Wildman–Crippen LogP) is 8.10. The van der Waals surface area contributed by atoms with E-state index in [-0.39, 0.29) is 14.5 Å². The van der Waals surface area contributed by atoms with Crippen molar-refractivity contribution in [1.29, 1.82) is 0 Å². The third-order valence-corrected chi connectivity index (χ3v) is 8.70. The van der Waals surface area contributed by atoms with Gasteiger partial charge in [-0.25, -0.2) is 0 Å². The second-order valence-electron chi connectivity index (χ2n) is 8.81. The summed E-state index contributed by atoms with van der Waals surface area (Å²) in [5.41, 5.74) is 9.39. The van der Waals surface area contributed by atoms with Crippen LogP contribution < -0.4 is 4.74 Å². The maximum absolute atomic E-state index is 6.27. The standard InChI is InChI=1S/C32H24N2OSe/c1-21-9-5-10-22(2)30(21)27-15-8-17-29-31(27)36-32(34-29)24-12-7-14-26(20-24)35-25-13-6-11-23(19-25)28-16-3-4-18-33-28/h3-20H,1-2H3. The summed E-state index contributed by atoms with van der Waals surface area (Å²) >= 11 is 0.109. The second kappa shape index (κ2) is 9.58. The number of rotatable bonds is 5.